The molecule has 0 spiro atoms. The highest BCUT2D eigenvalue weighted by atomic mass is 35.5. The van der Waals surface area contributed by atoms with E-state index >= 15 is 0 Å². The molecule has 0 aliphatic carbocycles. The number of piperidine rings is 1. The van der Waals surface area contributed by atoms with Gasteiger partial charge in [0.15, 0.2) is 0 Å². The predicted molar refractivity (Wildman–Crippen MR) is 86.8 cm³/mol. The van der Waals surface area contributed by atoms with Gasteiger partial charge in [0.05, 0.1) is 21.2 Å². The van der Waals surface area contributed by atoms with Gasteiger partial charge in [-0.25, -0.2) is 0 Å². The van der Waals surface area contributed by atoms with Crippen LogP contribution in [-0.2, 0) is 4.79 Å². The van der Waals surface area contributed by atoms with Crippen molar-refractivity contribution in [2.45, 2.75) is 19.8 Å². The zero-order valence-corrected chi connectivity index (χ0v) is 14.2. The molecule has 0 aromatic heterocycles. The van der Waals surface area contributed by atoms with Gasteiger partial charge in [0, 0.05) is 13.1 Å². The van der Waals surface area contributed by atoms with E-state index in [0.29, 0.717) is 19.0 Å². The third-order valence-corrected chi connectivity index (χ3v) is 5.04. The van der Waals surface area contributed by atoms with Crippen molar-refractivity contribution in [1.29, 1.82) is 0 Å². The van der Waals surface area contributed by atoms with Crippen LogP contribution < -0.4 is 0 Å². The van der Waals surface area contributed by atoms with Gasteiger partial charge < -0.3 is 4.90 Å². The van der Waals surface area contributed by atoms with Crippen LogP contribution in [0.15, 0.2) is 12.1 Å². The van der Waals surface area contributed by atoms with Crippen molar-refractivity contribution >= 4 is 40.9 Å². The molecule has 1 saturated heterocycles. The fraction of sp³-hybridized carbons (Fsp3) is 0.438. The number of nitrogens with zero attached hydrogens (tertiary/aromatic N) is 2. The Hall–Kier alpha value is -1.59. The third kappa shape index (κ3) is 2.95. The Morgan fingerprint density at radius 3 is 2.26 bits per heavy atom. The van der Waals surface area contributed by atoms with Crippen molar-refractivity contribution in [3.05, 3.63) is 33.3 Å². The van der Waals surface area contributed by atoms with Crippen LogP contribution in [0.25, 0.3) is 0 Å². The number of fused-ring (bicyclic) bond motifs is 1. The molecular weight excluding hydrogens is 339 g/mol. The first-order chi connectivity index (χ1) is 10.9. The predicted octanol–water partition coefficient (Wildman–Crippen LogP) is 2.85. The Morgan fingerprint density at radius 1 is 1.17 bits per heavy atom. The molecule has 23 heavy (non-hydrogen) atoms. The first-order valence-electron chi connectivity index (χ1n) is 7.51. The summed E-state index contributed by atoms with van der Waals surface area (Å²) in [5, 5.41) is 0.425. The molecule has 7 heteroatoms. The van der Waals surface area contributed by atoms with Crippen molar-refractivity contribution in [1.82, 2.24) is 9.80 Å². The van der Waals surface area contributed by atoms with Gasteiger partial charge in [0.1, 0.15) is 6.54 Å². The number of benzene rings is 1. The molecule has 0 bridgehead atoms. The number of rotatable bonds is 2. The fourth-order valence-electron chi connectivity index (χ4n) is 3.08. The summed E-state index contributed by atoms with van der Waals surface area (Å²) in [4.78, 5) is 39.9. The Bertz CT molecular complexity index is 664. The lowest BCUT2D eigenvalue weighted by Crippen LogP contribution is -2.46. The van der Waals surface area contributed by atoms with Crippen LogP contribution in [0.1, 0.15) is 40.5 Å². The average molecular weight is 355 g/mol. The molecule has 2 aliphatic heterocycles. The van der Waals surface area contributed by atoms with Gasteiger partial charge in [-0.2, -0.15) is 0 Å². The normalized spacial score (nSPS) is 20.9. The van der Waals surface area contributed by atoms with E-state index in [1.807, 2.05) is 0 Å². The fourth-order valence-corrected chi connectivity index (χ4v) is 3.41. The van der Waals surface area contributed by atoms with Gasteiger partial charge in [0.25, 0.3) is 11.8 Å². The molecule has 3 amide bonds. The number of carbonyl (C=O) groups excluding carboxylic acids is 3. The largest absolute Gasteiger partial charge is 0.341 e. The summed E-state index contributed by atoms with van der Waals surface area (Å²) in [5.74, 6) is -0.764. The van der Waals surface area contributed by atoms with Gasteiger partial charge in [-0.3, -0.25) is 19.3 Å². The van der Waals surface area contributed by atoms with Crippen LogP contribution in [-0.4, -0.2) is 47.2 Å². The van der Waals surface area contributed by atoms with Gasteiger partial charge in [-0.15, -0.1) is 0 Å². The summed E-state index contributed by atoms with van der Waals surface area (Å²) in [5.41, 5.74) is 0.397. The average Bonchev–Trinajstić information content (AvgIpc) is 2.73. The lowest BCUT2D eigenvalue weighted by Gasteiger charge is -2.31. The second-order valence-corrected chi connectivity index (χ2v) is 6.91. The van der Waals surface area contributed by atoms with Crippen molar-refractivity contribution in [2.24, 2.45) is 5.92 Å². The summed E-state index contributed by atoms with van der Waals surface area (Å²) in [6.45, 7) is 3.18. The lowest BCUT2D eigenvalue weighted by atomic mass is 10.0. The molecule has 5 nitrogen and oxygen atoms in total. The van der Waals surface area contributed by atoms with Gasteiger partial charge in [-0.1, -0.05) is 30.1 Å². The number of hydrogen-bond donors (Lipinski definition) is 0. The quantitative estimate of drug-likeness (QED) is 0.767. The number of hydrogen-bond acceptors (Lipinski definition) is 3. The molecule has 0 saturated carbocycles. The summed E-state index contributed by atoms with van der Waals surface area (Å²) >= 11 is 11.8. The minimum atomic E-state index is -0.498. The smallest absolute Gasteiger partial charge is 0.262 e. The molecule has 0 radical (unpaired) electrons. The van der Waals surface area contributed by atoms with E-state index in [1.54, 1.807) is 4.90 Å². The number of halogens is 2. The Labute approximate surface area is 144 Å². The van der Waals surface area contributed by atoms with E-state index < -0.39 is 11.8 Å². The highest BCUT2D eigenvalue weighted by Crippen LogP contribution is 2.31. The van der Waals surface area contributed by atoms with Crippen molar-refractivity contribution in [3.8, 4) is 0 Å². The zero-order chi connectivity index (χ0) is 16.7. The molecule has 0 N–H and O–H groups in total. The van der Waals surface area contributed by atoms with E-state index in [4.69, 9.17) is 23.2 Å². The summed E-state index contributed by atoms with van der Waals surface area (Å²) in [7, 11) is 0. The Balaban J connectivity index is 1.78. The first-order valence-corrected chi connectivity index (χ1v) is 8.27. The third-order valence-electron chi connectivity index (χ3n) is 4.31. The van der Waals surface area contributed by atoms with Crippen LogP contribution in [0.3, 0.4) is 0 Å². The summed E-state index contributed by atoms with van der Waals surface area (Å²) < 4.78 is 0. The number of amides is 3. The van der Waals surface area contributed by atoms with Crippen molar-refractivity contribution in [2.75, 3.05) is 19.6 Å². The van der Waals surface area contributed by atoms with Crippen LogP contribution in [0.4, 0.5) is 0 Å². The standard InChI is InChI=1S/C16H16Cl2N2O3/c1-9-3-2-4-19(7-9)14(21)8-20-15(22)10-5-12(17)13(18)6-11(10)16(20)23/h5-6,9H,2-4,7-8H2,1H3/t9-/m1/s1. The molecule has 2 heterocycles. The van der Waals surface area contributed by atoms with Crippen LogP contribution in [0, 0.1) is 5.92 Å². The van der Waals surface area contributed by atoms with Crippen molar-refractivity contribution in [3.63, 3.8) is 0 Å². The second kappa shape index (κ2) is 6.13. The number of carbonyl (C=O) groups is 3. The summed E-state index contributed by atoms with van der Waals surface area (Å²) in [6, 6.07) is 2.76. The highest BCUT2D eigenvalue weighted by molar-refractivity contribution is 6.43. The van der Waals surface area contributed by atoms with E-state index in [-0.39, 0.29) is 33.6 Å². The molecule has 1 atom stereocenters. The maximum atomic E-state index is 12.4. The maximum Gasteiger partial charge on any atom is 0.262 e. The summed E-state index contributed by atoms with van der Waals surface area (Å²) in [6.07, 6.45) is 2.04. The lowest BCUT2D eigenvalue weighted by molar-refractivity contribution is -0.133. The molecule has 1 aromatic rings. The topological polar surface area (TPSA) is 57.7 Å². The molecular formula is C16H16Cl2N2O3. The first kappa shape index (κ1) is 16.3. The zero-order valence-electron chi connectivity index (χ0n) is 12.6. The van der Waals surface area contributed by atoms with E-state index in [2.05, 4.69) is 6.92 Å². The molecule has 1 fully saturated rings. The highest BCUT2D eigenvalue weighted by Gasteiger charge is 2.38. The Morgan fingerprint density at radius 2 is 1.74 bits per heavy atom. The van der Waals surface area contributed by atoms with Crippen molar-refractivity contribution < 1.29 is 14.4 Å². The molecule has 3 rings (SSSR count). The van der Waals surface area contributed by atoms with Crippen LogP contribution in [0.5, 0.6) is 0 Å². The Kier molecular flexibility index (Phi) is 4.34. The number of imide groups is 1. The van der Waals surface area contributed by atoms with E-state index in [9.17, 15) is 14.4 Å². The minimum Gasteiger partial charge on any atom is -0.341 e. The second-order valence-electron chi connectivity index (χ2n) is 6.10. The number of likely N-dealkylation sites (tertiary alicyclic amines) is 1. The van der Waals surface area contributed by atoms with Gasteiger partial charge >= 0.3 is 0 Å². The van der Waals surface area contributed by atoms with Gasteiger partial charge in [0.2, 0.25) is 5.91 Å². The molecule has 1 aromatic carbocycles. The minimum absolute atomic E-state index is 0.198. The monoisotopic (exact) mass is 354 g/mol. The SMILES string of the molecule is C[C@@H]1CCCN(C(=O)CN2C(=O)c3cc(Cl)c(Cl)cc3C2=O)C1. The van der Waals surface area contributed by atoms with Crippen LogP contribution >= 0.6 is 23.2 Å². The van der Waals surface area contributed by atoms with E-state index in [1.165, 1.54) is 12.1 Å². The molecule has 0 unspecified atom stereocenters. The maximum absolute atomic E-state index is 12.4. The van der Waals surface area contributed by atoms with E-state index in [0.717, 1.165) is 17.7 Å². The van der Waals surface area contributed by atoms with Crippen LogP contribution in [0.2, 0.25) is 10.0 Å². The molecule has 2 aliphatic rings. The van der Waals surface area contributed by atoms with Gasteiger partial charge in [-0.05, 0) is 30.9 Å². The molecule has 122 valence electrons.